The summed E-state index contributed by atoms with van der Waals surface area (Å²) in [6.07, 6.45) is 7.76. The van der Waals surface area contributed by atoms with Crippen molar-refractivity contribution in [3.05, 3.63) is 137 Å². The van der Waals surface area contributed by atoms with Crippen LogP contribution in [-0.4, -0.2) is 65.4 Å². The second-order valence-corrected chi connectivity index (χ2v) is 14.6. The van der Waals surface area contributed by atoms with E-state index in [1.54, 1.807) is 47.6 Å². The number of piperidine rings is 1. The van der Waals surface area contributed by atoms with Gasteiger partial charge in [-0.2, -0.15) is 0 Å². The summed E-state index contributed by atoms with van der Waals surface area (Å²) in [5, 5.41) is 8.70. The SMILES string of the molecule is Nc1nccn2c([C@@H]3CCCN3Cc3ccc(CNc4cccc5c4CN(C4CCC(=O)NC4=O)C5=O)cc3)nc(-c3ccc(C(=O)Nc4ccccn4)cc3)c12. The van der Waals surface area contributed by atoms with Gasteiger partial charge in [-0.3, -0.25) is 33.8 Å². The van der Waals surface area contributed by atoms with Gasteiger partial charge in [0.15, 0.2) is 0 Å². The molecule has 0 bridgehead atoms. The number of amides is 4. The lowest BCUT2D eigenvalue weighted by Gasteiger charge is -2.29. The summed E-state index contributed by atoms with van der Waals surface area (Å²) in [6.45, 7) is 2.54. The van der Waals surface area contributed by atoms with Crippen LogP contribution in [0.5, 0.6) is 0 Å². The molecular formula is C43H40N10O4. The van der Waals surface area contributed by atoms with Crippen LogP contribution in [0.1, 0.15) is 75.0 Å². The zero-order valence-electron chi connectivity index (χ0n) is 31.0. The van der Waals surface area contributed by atoms with Gasteiger partial charge in [0.1, 0.15) is 34.7 Å². The van der Waals surface area contributed by atoms with E-state index in [4.69, 9.17) is 10.7 Å². The van der Waals surface area contributed by atoms with Gasteiger partial charge in [0.2, 0.25) is 11.8 Å². The molecule has 0 aliphatic carbocycles. The molecule has 57 heavy (non-hydrogen) atoms. The number of benzene rings is 3. The molecule has 286 valence electrons. The van der Waals surface area contributed by atoms with E-state index in [-0.39, 0.29) is 30.2 Å². The maximum atomic E-state index is 13.3. The van der Waals surface area contributed by atoms with Gasteiger partial charge < -0.3 is 21.3 Å². The summed E-state index contributed by atoms with van der Waals surface area (Å²) in [7, 11) is 0. The first-order valence-corrected chi connectivity index (χ1v) is 19.1. The first-order valence-electron chi connectivity index (χ1n) is 19.1. The van der Waals surface area contributed by atoms with E-state index in [1.165, 1.54) is 5.56 Å². The summed E-state index contributed by atoms with van der Waals surface area (Å²) in [4.78, 5) is 68.1. The number of nitrogens with one attached hydrogen (secondary N) is 3. The number of fused-ring (bicyclic) bond motifs is 2. The second kappa shape index (κ2) is 15.0. The number of nitrogens with zero attached hydrogens (tertiary/aromatic N) is 6. The minimum atomic E-state index is -0.653. The van der Waals surface area contributed by atoms with Crippen molar-refractivity contribution < 1.29 is 19.2 Å². The Hall–Kier alpha value is -6.93. The lowest BCUT2D eigenvalue weighted by Crippen LogP contribution is -2.52. The Morgan fingerprint density at radius 2 is 1.70 bits per heavy atom. The van der Waals surface area contributed by atoms with Gasteiger partial charge in [-0.25, -0.2) is 15.0 Å². The molecule has 0 radical (unpaired) electrons. The van der Waals surface area contributed by atoms with E-state index < -0.39 is 11.9 Å². The van der Waals surface area contributed by atoms with Crippen LogP contribution in [0.4, 0.5) is 17.3 Å². The Morgan fingerprint density at radius 1 is 0.877 bits per heavy atom. The predicted molar refractivity (Wildman–Crippen MR) is 214 cm³/mol. The lowest BCUT2D eigenvalue weighted by atomic mass is 10.0. The molecule has 6 heterocycles. The highest BCUT2D eigenvalue weighted by molar-refractivity contribution is 6.06. The van der Waals surface area contributed by atoms with Crippen LogP contribution in [0.3, 0.4) is 0 Å². The molecular weight excluding hydrogens is 721 g/mol. The topological polar surface area (TPSA) is 180 Å². The zero-order chi connectivity index (χ0) is 39.0. The van der Waals surface area contributed by atoms with Crippen molar-refractivity contribution in [1.82, 2.24) is 34.5 Å². The largest absolute Gasteiger partial charge is 0.382 e. The number of likely N-dealkylation sites (tertiary alicyclic amines) is 1. The zero-order valence-corrected chi connectivity index (χ0v) is 31.0. The average Bonchev–Trinajstić information content (AvgIpc) is 3.94. The van der Waals surface area contributed by atoms with E-state index in [9.17, 15) is 19.2 Å². The number of rotatable bonds is 10. The molecule has 5 N–H and O–H groups in total. The number of anilines is 3. The van der Waals surface area contributed by atoms with Crippen molar-refractivity contribution >= 4 is 46.5 Å². The molecule has 14 nitrogen and oxygen atoms in total. The quantitative estimate of drug-likeness (QED) is 0.133. The van der Waals surface area contributed by atoms with Crippen molar-refractivity contribution in [2.45, 2.75) is 57.4 Å². The second-order valence-electron chi connectivity index (χ2n) is 14.6. The van der Waals surface area contributed by atoms with Crippen molar-refractivity contribution in [2.75, 3.05) is 22.9 Å². The van der Waals surface area contributed by atoms with Crippen LogP contribution in [0.2, 0.25) is 0 Å². The first-order chi connectivity index (χ1) is 27.8. The molecule has 1 unspecified atom stereocenters. The van der Waals surface area contributed by atoms with Crippen molar-refractivity contribution in [2.24, 2.45) is 0 Å². The molecule has 0 saturated carbocycles. The van der Waals surface area contributed by atoms with Gasteiger partial charge in [-0.05, 0) is 73.3 Å². The normalized spacial score (nSPS) is 18.2. The Labute approximate surface area is 328 Å². The van der Waals surface area contributed by atoms with Crippen LogP contribution in [0, 0.1) is 0 Å². The first kappa shape index (κ1) is 35.8. The Morgan fingerprint density at radius 3 is 2.49 bits per heavy atom. The number of imide groups is 1. The van der Waals surface area contributed by atoms with Crippen molar-refractivity contribution in [3.8, 4) is 11.3 Å². The molecule has 2 fully saturated rings. The monoisotopic (exact) mass is 760 g/mol. The predicted octanol–water partition coefficient (Wildman–Crippen LogP) is 5.34. The van der Waals surface area contributed by atoms with Gasteiger partial charge in [-0.15, -0.1) is 0 Å². The van der Waals surface area contributed by atoms with Gasteiger partial charge in [-0.1, -0.05) is 48.5 Å². The summed E-state index contributed by atoms with van der Waals surface area (Å²) < 4.78 is 2.05. The van der Waals surface area contributed by atoms with Crippen LogP contribution in [-0.2, 0) is 29.2 Å². The lowest BCUT2D eigenvalue weighted by molar-refractivity contribution is -0.136. The number of hydrogen-bond acceptors (Lipinski definition) is 10. The highest BCUT2D eigenvalue weighted by atomic mass is 16.2. The summed E-state index contributed by atoms with van der Waals surface area (Å²) in [6, 6.07) is 26.2. The van der Waals surface area contributed by atoms with Crippen LogP contribution in [0.15, 0.2) is 104 Å². The molecule has 14 heteroatoms. The molecule has 3 aliphatic heterocycles. The summed E-state index contributed by atoms with van der Waals surface area (Å²) >= 11 is 0. The third-order valence-corrected chi connectivity index (χ3v) is 11.1. The van der Waals surface area contributed by atoms with Gasteiger partial charge in [0.25, 0.3) is 11.8 Å². The number of aromatic nitrogens is 4. The van der Waals surface area contributed by atoms with Crippen molar-refractivity contribution in [1.29, 1.82) is 0 Å². The van der Waals surface area contributed by atoms with Gasteiger partial charge in [0, 0.05) is 72.6 Å². The minimum Gasteiger partial charge on any atom is -0.382 e. The molecule has 9 rings (SSSR count). The Bertz CT molecular complexity index is 2520. The maximum Gasteiger partial charge on any atom is 0.256 e. The standard InChI is InChI=1S/C43H40N10O4/c44-39-38-37(28-13-15-29(16-14-28)41(55)48-35-8-1-2-19-45-35)50-40(52(38)22-20-46-39)33-7-4-21-51(33)24-27-11-9-26(10-12-27)23-47-32-6-3-5-30-31(32)25-53(43(30)57)34-17-18-36(54)49-42(34)56/h1-3,5-6,8-16,19-20,22,33-34,47H,4,7,17-18,21,23-25H2,(H2,44,46)(H,45,48,55)(H,49,54,56)/t33-,34?/m0/s1. The van der Waals surface area contributed by atoms with E-state index in [1.807, 2.05) is 36.5 Å². The van der Waals surface area contributed by atoms with Gasteiger partial charge in [0.05, 0.1) is 6.04 Å². The molecule has 3 aromatic heterocycles. The highest BCUT2D eigenvalue weighted by Gasteiger charge is 2.40. The smallest absolute Gasteiger partial charge is 0.256 e. The van der Waals surface area contributed by atoms with Crippen LogP contribution >= 0.6 is 0 Å². The van der Waals surface area contributed by atoms with E-state index in [2.05, 4.69) is 59.5 Å². The maximum absolute atomic E-state index is 13.3. The molecule has 6 aromatic rings. The number of hydrogen-bond donors (Lipinski definition) is 4. The Balaban J connectivity index is 0.878. The van der Waals surface area contributed by atoms with Gasteiger partial charge >= 0.3 is 0 Å². The third kappa shape index (κ3) is 6.95. The molecule has 3 aromatic carbocycles. The third-order valence-electron chi connectivity index (χ3n) is 11.1. The number of pyridine rings is 1. The van der Waals surface area contributed by atoms with Crippen LogP contribution in [0.25, 0.3) is 16.8 Å². The Kier molecular flexibility index (Phi) is 9.38. The summed E-state index contributed by atoms with van der Waals surface area (Å²) in [5.41, 5.74) is 13.8. The number of imidazole rings is 1. The average molecular weight is 761 g/mol. The van der Waals surface area contributed by atoms with Crippen molar-refractivity contribution in [3.63, 3.8) is 0 Å². The molecule has 3 aliphatic rings. The molecule has 2 atom stereocenters. The van der Waals surface area contributed by atoms with Crippen LogP contribution < -0.4 is 21.7 Å². The minimum absolute atomic E-state index is 0.0560. The molecule has 2 saturated heterocycles. The fraction of sp³-hybridized carbons (Fsp3) is 0.233. The number of carbonyl (C=O) groups is 4. The number of carbonyl (C=O) groups excluding carboxylic acids is 4. The van der Waals surface area contributed by atoms with E-state index in [0.717, 1.165) is 59.7 Å². The van der Waals surface area contributed by atoms with E-state index >= 15 is 0 Å². The fourth-order valence-electron chi connectivity index (χ4n) is 8.18. The highest BCUT2D eigenvalue weighted by Crippen LogP contribution is 2.38. The van der Waals surface area contributed by atoms with E-state index in [0.29, 0.717) is 48.0 Å². The molecule has 0 spiro atoms. The number of nitrogens with two attached hydrogens (primary N) is 1. The fourth-order valence-corrected chi connectivity index (χ4v) is 8.18. The summed E-state index contributed by atoms with van der Waals surface area (Å²) in [5.74, 6) is 0.607. The molecule has 4 amide bonds. The number of nitrogen functional groups attached to an aromatic ring is 1.